The lowest BCUT2D eigenvalue weighted by atomic mass is 9.77. The number of nitrogens with one attached hydrogen (secondary N) is 2. The number of rotatable bonds is 7. The van der Waals surface area contributed by atoms with Crippen LogP contribution in [0.25, 0.3) is 0 Å². The second-order valence-corrected chi connectivity index (χ2v) is 12.8. The first kappa shape index (κ1) is 26.9. The summed E-state index contributed by atoms with van der Waals surface area (Å²) in [5.41, 5.74) is 11.5. The van der Waals surface area contributed by atoms with E-state index in [0.29, 0.717) is 36.9 Å². The molecule has 8 nitrogen and oxygen atoms in total. The average Bonchev–Trinajstić information content (AvgIpc) is 3.48. The van der Waals surface area contributed by atoms with E-state index < -0.39 is 6.17 Å². The van der Waals surface area contributed by atoms with Crippen LogP contribution in [-0.2, 0) is 9.59 Å². The molecule has 0 aromatic heterocycles. The van der Waals surface area contributed by atoms with Crippen molar-refractivity contribution in [2.24, 2.45) is 35.1 Å². The van der Waals surface area contributed by atoms with Crippen LogP contribution in [0.1, 0.15) is 83.5 Å². The maximum absolute atomic E-state index is 13.7. The molecule has 3 aliphatic carbocycles. The lowest BCUT2D eigenvalue weighted by Gasteiger charge is -2.40. The van der Waals surface area contributed by atoms with E-state index in [4.69, 9.17) is 16.9 Å². The molecule has 9 heteroatoms. The molecule has 5 fully saturated rings. The molecule has 2 amide bonds. The van der Waals surface area contributed by atoms with E-state index >= 15 is 0 Å². The van der Waals surface area contributed by atoms with E-state index in [0.717, 1.165) is 90.1 Å². The van der Waals surface area contributed by atoms with Crippen molar-refractivity contribution in [3.8, 4) is 0 Å². The number of halogens is 1. The molecule has 0 aromatic rings. The van der Waals surface area contributed by atoms with Crippen LogP contribution in [0.3, 0.4) is 0 Å². The number of carbonyl (C=O) groups excluding carboxylic acids is 2. The molecule has 0 bridgehead atoms. The van der Waals surface area contributed by atoms with Gasteiger partial charge in [-0.15, -0.1) is 0 Å². The average molecular weight is 519 g/mol. The van der Waals surface area contributed by atoms with Crippen molar-refractivity contribution < 1.29 is 14.0 Å². The van der Waals surface area contributed by atoms with Crippen LogP contribution in [-0.4, -0.2) is 77.4 Å². The number of hydrogen-bond acceptors (Lipinski definition) is 5. The van der Waals surface area contributed by atoms with E-state index in [1.165, 1.54) is 0 Å². The summed E-state index contributed by atoms with van der Waals surface area (Å²) in [6.07, 6.45) is 11.3. The Hall–Kier alpha value is -1.74. The highest BCUT2D eigenvalue weighted by atomic mass is 19.1. The fourth-order valence-electron chi connectivity index (χ4n) is 8.23. The zero-order valence-corrected chi connectivity index (χ0v) is 22.3. The number of hydrogen-bond donors (Lipinski definition) is 4. The molecule has 2 heterocycles. The largest absolute Gasteiger partial charge is 0.387 e. The second kappa shape index (κ2) is 11.6. The molecule has 0 aromatic carbocycles. The number of nitrogens with two attached hydrogens (primary N) is 2. The van der Waals surface area contributed by atoms with Gasteiger partial charge in [0.05, 0.1) is 11.9 Å². The van der Waals surface area contributed by atoms with Crippen molar-refractivity contribution in [3.63, 3.8) is 0 Å². The van der Waals surface area contributed by atoms with Crippen LogP contribution in [0.2, 0.25) is 0 Å². The summed E-state index contributed by atoms with van der Waals surface area (Å²) in [6.45, 7) is 2.32. The minimum absolute atomic E-state index is 0.00933. The SMILES string of the molecule is N=C(N)C1CCC2CC(C(=O)NC3CCC(N4CC[C@H](F)C4)CC3)N(CC3CCC(C(N)=O)CC3)C2C1. The molecule has 37 heavy (non-hydrogen) atoms. The van der Waals surface area contributed by atoms with Gasteiger partial charge in [-0.3, -0.25) is 24.8 Å². The highest BCUT2D eigenvalue weighted by molar-refractivity contribution is 5.83. The Morgan fingerprint density at radius 2 is 1.59 bits per heavy atom. The first-order valence-electron chi connectivity index (χ1n) is 14.9. The Kier molecular flexibility index (Phi) is 8.39. The molecule has 5 rings (SSSR count). The number of primary amides is 1. The molecule has 6 N–H and O–H groups in total. The highest BCUT2D eigenvalue weighted by Crippen LogP contribution is 2.43. The van der Waals surface area contributed by atoms with Crippen LogP contribution >= 0.6 is 0 Å². The van der Waals surface area contributed by atoms with Crippen molar-refractivity contribution in [2.75, 3.05) is 19.6 Å². The number of likely N-dealkylation sites (tertiary alicyclic amines) is 2. The van der Waals surface area contributed by atoms with Gasteiger partial charge in [0.15, 0.2) is 0 Å². The number of fused-ring (bicyclic) bond motifs is 1. The summed E-state index contributed by atoms with van der Waals surface area (Å²) in [6, 6.07) is 0.830. The maximum Gasteiger partial charge on any atom is 0.237 e. The Bertz CT molecular complexity index is 841. The lowest BCUT2D eigenvalue weighted by Crippen LogP contribution is -2.52. The molecule has 5 aliphatic rings. The third-order valence-electron chi connectivity index (χ3n) is 10.5. The van der Waals surface area contributed by atoms with Gasteiger partial charge in [0, 0.05) is 49.6 Å². The first-order valence-corrected chi connectivity index (χ1v) is 14.9. The van der Waals surface area contributed by atoms with Crippen LogP contribution in [0.4, 0.5) is 4.39 Å². The summed E-state index contributed by atoms with van der Waals surface area (Å²) in [5, 5.41) is 11.4. The molecular weight excluding hydrogens is 471 g/mol. The van der Waals surface area contributed by atoms with Gasteiger partial charge in [0.1, 0.15) is 6.17 Å². The molecule has 0 spiro atoms. The molecule has 2 aliphatic heterocycles. The number of carbonyl (C=O) groups is 2. The third-order valence-corrected chi connectivity index (χ3v) is 10.5. The van der Waals surface area contributed by atoms with Gasteiger partial charge >= 0.3 is 0 Å². The zero-order valence-electron chi connectivity index (χ0n) is 22.3. The maximum atomic E-state index is 13.7. The molecular formula is C28H47FN6O2. The first-order chi connectivity index (χ1) is 17.8. The Labute approximate surface area is 220 Å². The van der Waals surface area contributed by atoms with Crippen LogP contribution in [0.5, 0.6) is 0 Å². The van der Waals surface area contributed by atoms with Crippen LogP contribution in [0.15, 0.2) is 0 Å². The molecule has 3 saturated carbocycles. The quantitative estimate of drug-likeness (QED) is 0.304. The second-order valence-electron chi connectivity index (χ2n) is 12.8. The molecule has 4 unspecified atom stereocenters. The molecule has 208 valence electrons. The molecule has 5 atom stereocenters. The minimum atomic E-state index is -0.678. The Morgan fingerprint density at radius 1 is 0.892 bits per heavy atom. The third kappa shape index (κ3) is 6.13. The van der Waals surface area contributed by atoms with Gasteiger partial charge in [-0.25, -0.2) is 4.39 Å². The number of alkyl halides is 1. The van der Waals surface area contributed by atoms with Crippen LogP contribution < -0.4 is 16.8 Å². The van der Waals surface area contributed by atoms with E-state index in [1.54, 1.807) is 0 Å². The Balaban J connectivity index is 1.20. The van der Waals surface area contributed by atoms with Crippen molar-refractivity contribution in [3.05, 3.63) is 0 Å². The van der Waals surface area contributed by atoms with Crippen molar-refractivity contribution in [2.45, 2.75) is 114 Å². The summed E-state index contributed by atoms with van der Waals surface area (Å²) in [7, 11) is 0. The van der Waals surface area contributed by atoms with E-state index in [1.807, 2.05) is 0 Å². The summed E-state index contributed by atoms with van der Waals surface area (Å²) in [5.74, 6) is 1.31. The topological polar surface area (TPSA) is 129 Å². The van der Waals surface area contributed by atoms with Gasteiger partial charge in [-0.05, 0) is 95.3 Å². The normalized spacial score (nSPS) is 41.3. The van der Waals surface area contributed by atoms with Gasteiger partial charge in [0.2, 0.25) is 11.8 Å². The monoisotopic (exact) mass is 518 g/mol. The Morgan fingerprint density at radius 3 is 2.22 bits per heavy atom. The van der Waals surface area contributed by atoms with Crippen molar-refractivity contribution in [1.29, 1.82) is 5.41 Å². The predicted octanol–water partition coefficient (Wildman–Crippen LogP) is 2.54. The zero-order chi connectivity index (χ0) is 26.1. The number of nitrogens with zero attached hydrogens (tertiary/aromatic N) is 2. The molecule has 0 radical (unpaired) electrons. The molecule has 2 saturated heterocycles. The number of amides is 2. The van der Waals surface area contributed by atoms with E-state index in [2.05, 4.69) is 15.1 Å². The van der Waals surface area contributed by atoms with Gasteiger partial charge in [0.25, 0.3) is 0 Å². The summed E-state index contributed by atoms with van der Waals surface area (Å²) < 4.78 is 13.7. The highest BCUT2D eigenvalue weighted by Gasteiger charge is 2.48. The fraction of sp³-hybridized carbons (Fsp3) is 0.893. The smallest absolute Gasteiger partial charge is 0.237 e. The number of amidine groups is 1. The minimum Gasteiger partial charge on any atom is -0.387 e. The summed E-state index contributed by atoms with van der Waals surface area (Å²) >= 11 is 0. The van der Waals surface area contributed by atoms with Crippen molar-refractivity contribution >= 4 is 17.6 Å². The van der Waals surface area contributed by atoms with E-state index in [9.17, 15) is 14.0 Å². The lowest BCUT2D eigenvalue weighted by molar-refractivity contribution is -0.127. The standard InChI is InChI=1S/C28H47FN6O2/c29-21-11-12-34(16-21)23-9-7-22(8-10-23)33-28(37)25-13-19-5-6-20(26(30)31)14-24(19)35(25)15-17-1-3-18(4-2-17)27(32)36/h17-25H,1-16H2,(H3,30,31)(H2,32,36)(H,33,37)/t17?,18?,19?,20?,21-,22?,23?,24?,25?/m0/s1. The van der Waals surface area contributed by atoms with Gasteiger partial charge in [-0.2, -0.15) is 0 Å². The summed E-state index contributed by atoms with van der Waals surface area (Å²) in [4.78, 5) is 30.1. The van der Waals surface area contributed by atoms with E-state index in [-0.39, 0.29) is 41.6 Å². The predicted molar refractivity (Wildman–Crippen MR) is 142 cm³/mol. The fourth-order valence-corrected chi connectivity index (χ4v) is 8.23. The van der Waals surface area contributed by atoms with Gasteiger partial charge in [-0.1, -0.05) is 0 Å². The van der Waals surface area contributed by atoms with Crippen LogP contribution in [0, 0.1) is 29.1 Å². The van der Waals surface area contributed by atoms with Gasteiger partial charge < -0.3 is 16.8 Å². The van der Waals surface area contributed by atoms with Crippen molar-refractivity contribution in [1.82, 2.24) is 15.1 Å².